The average Bonchev–Trinajstić information content (AvgIpc) is 3.70. The number of hydrogen-bond donors (Lipinski definition) is 1. The minimum Gasteiger partial charge on any atom is -0.502 e. The van der Waals surface area contributed by atoms with Crippen LogP contribution < -0.4 is 23.8 Å². The highest BCUT2D eigenvalue weighted by molar-refractivity contribution is 5.79. The third-order valence-corrected chi connectivity index (χ3v) is 9.17. The summed E-state index contributed by atoms with van der Waals surface area (Å²) < 4.78 is 34.0. The summed E-state index contributed by atoms with van der Waals surface area (Å²) in [5.74, 6) is -1.03. The van der Waals surface area contributed by atoms with Crippen LogP contribution in [0.15, 0.2) is 48.5 Å². The third-order valence-electron chi connectivity index (χ3n) is 9.17. The second-order valence-electron chi connectivity index (χ2n) is 11.5. The first-order valence-electron chi connectivity index (χ1n) is 14.8. The molecular weight excluding hydrogens is 602 g/mol. The molecule has 2 fully saturated rings. The molecule has 14 heteroatoms. The number of nitro groups is 1. The van der Waals surface area contributed by atoms with Crippen LogP contribution in [-0.2, 0) is 14.3 Å². The topological polar surface area (TPSA) is 159 Å². The second kappa shape index (κ2) is 11.5. The van der Waals surface area contributed by atoms with Crippen molar-refractivity contribution in [2.45, 2.75) is 12.0 Å². The summed E-state index contributed by atoms with van der Waals surface area (Å²) in [4.78, 5) is 41.3. The van der Waals surface area contributed by atoms with Crippen LogP contribution >= 0.6 is 0 Å². The number of cyclic esters (lactones) is 1. The Bertz CT molecular complexity index is 1680. The number of anilines is 1. The van der Waals surface area contributed by atoms with E-state index in [4.69, 9.17) is 28.4 Å². The predicted molar refractivity (Wildman–Crippen MR) is 160 cm³/mol. The number of ether oxygens (including phenoxy) is 6. The van der Waals surface area contributed by atoms with Crippen molar-refractivity contribution in [1.29, 1.82) is 0 Å². The van der Waals surface area contributed by atoms with E-state index < -0.39 is 40.8 Å². The number of rotatable bonds is 6. The molecular formula is C32H31N3O11. The Morgan fingerprint density at radius 3 is 2.17 bits per heavy atom. The van der Waals surface area contributed by atoms with Crippen molar-refractivity contribution in [3.05, 3.63) is 75.3 Å². The van der Waals surface area contributed by atoms with E-state index in [-0.39, 0.29) is 36.3 Å². The van der Waals surface area contributed by atoms with Gasteiger partial charge in [0.25, 0.3) is 5.69 Å². The zero-order chi connectivity index (χ0) is 32.1. The van der Waals surface area contributed by atoms with Crippen LogP contribution in [0.4, 0.5) is 16.2 Å². The van der Waals surface area contributed by atoms with E-state index >= 15 is 0 Å². The van der Waals surface area contributed by atoms with Gasteiger partial charge < -0.3 is 43.3 Å². The molecule has 240 valence electrons. The highest BCUT2D eigenvalue weighted by Gasteiger charge is 2.54. The molecule has 3 aromatic carbocycles. The van der Waals surface area contributed by atoms with Crippen LogP contribution in [0, 0.1) is 22.0 Å². The van der Waals surface area contributed by atoms with Crippen LogP contribution in [0.3, 0.4) is 0 Å². The molecule has 0 saturated carbocycles. The molecule has 3 aromatic rings. The maximum absolute atomic E-state index is 13.7. The van der Waals surface area contributed by atoms with E-state index in [1.807, 2.05) is 4.90 Å². The fourth-order valence-corrected chi connectivity index (χ4v) is 6.87. The molecule has 0 bridgehead atoms. The second-order valence-corrected chi connectivity index (χ2v) is 11.5. The van der Waals surface area contributed by atoms with Crippen LogP contribution in [0.5, 0.6) is 28.7 Å². The first kappa shape index (κ1) is 29.3. The van der Waals surface area contributed by atoms with Gasteiger partial charge in [-0.25, -0.2) is 4.79 Å². The van der Waals surface area contributed by atoms with Crippen LogP contribution in [0.2, 0.25) is 0 Å². The van der Waals surface area contributed by atoms with Crippen molar-refractivity contribution < 1.29 is 48.0 Å². The smallest absolute Gasteiger partial charge is 0.410 e. The van der Waals surface area contributed by atoms with Crippen LogP contribution in [0.25, 0.3) is 0 Å². The molecule has 0 unspecified atom stereocenters. The number of piperazine rings is 1. The summed E-state index contributed by atoms with van der Waals surface area (Å²) in [7, 11) is 2.86. The molecule has 2 saturated heterocycles. The fraction of sp³-hybridized carbons (Fsp3) is 0.375. The summed E-state index contributed by atoms with van der Waals surface area (Å²) >= 11 is 0. The largest absolute Gasteiger partial charge is 0.502 e. The van der Waals surface area contributed by atoms with Gasteiger partial charge in [0.15, 0.2) is 23.0 Å². The van der Waals surface area contributed by atoms with Gasteiger partial charge in [-0.05, 0) is 47.5 Å². The lowest BCUT2D eigenvalue weighted by Gasteiger charge is -2.40. The molecule has 1 amide bonds. The van der Waals surface area contributed by atoms with Crippen LogP contribution in [-0.4, -0.2) is 80.8 Å². The Labute approximate surface area is 263 Å². The number of nitro benzene ring substituents is 1. The van der Waals surface area contributed by atoms with E-state index in [0.717, 1.165) is 5.69 Å². The molecule has 46 heavy (non-hydrogen) atoms. The third kappa shape index (κ3) is 4.89. The zero-order valence-corrected chi connectivity index (χ0v) is 25.0. The molecule has 14 nitrogen and oxygen atoms in total. The van der Waals surface area contributed by atoms with E-state index in [1.165, 1.54) is 26.4 Å². The van der Waals surface area contributed by atoms with Crippen molar-refractivity contribution in [3.8, 4) is 28.7 Å². The van der Waals surface area contributed by atoms with Crippen LogP contribution in [0.1, 0.15) is 28.7 Å². The van der Waals surface area contributed by atoms with Crippen molar-refractivity contribution in [2.24, 2.45) is 11.8 Å². The van der Waals surface area contributed by atoms with E-state index in [1.54, 1.807) is 41.3 Å². The van der Waals surface area contributed by atoms with Gasteiger partial charge in [-0.3, -0.25) is 14.9 Å². The lowest BCUT2D eigenvalue weighted by molar-refractivity contribution is -0.384. The average molecular weight is 634 g/mol. The fourth-order valence-electron chi connectivity index (χ4n) is 6.87. The summed E-state index contributed by atoms with van der Waals surface area (Å²) in [6, 6.07) is 13.2. The van der Waals surface area contributed by atoms with Gasteiger partial charge >= 0.3 is 12.1 Å². The number of amides is 1. The number of phenolic OH excluding ortho intramolecular Hbond substituents is 1. The first-order valence-corrected chi connectivity index (χ1v) is 14.8. The van der Waals surface area contributed by atoms with E-state index in [0.29, 0.717) is 54.4 Å². The normalized spacial score (nSPS) is 22.9. The van der Waals surface area contributed by atoms with Crippen molar-refractivity contribution >= 4 is 23.4 Å². The lowest BCUT2D eigenvalue weighted by Crippen LogP contribution is -2.49. The Morgan fingerprint density at radius 1 is 0.935 bits per heavy atom. The van der Waals surface area contributed by atoms with Gasteiger partial charge in [0.05, 0.1) is 31.7 Å². The minimum atomic E-state index is -0.821. The van der Waals surface area contributed by atoms with Gasteiger partial charge in [0.1, 0.15) is 6.10 Å². The first-order chi connectivity index (χ1) is 22.3. The number of esters is 1. The van der Waals surface area contributed by atoms with Gasteiger partial charge in [-0.1, -0.05) is 0 Å². The Balaban J connectivity index is 1.19. The Morgan fingerprint density at radius 2 is 1.57 bits per heavy atom. The molecule has 4 aliphatic rings. The van der Waals surface area contributed by atoms with Crippen molar-refractivity contribution in [3.63, 3.8) is 0 Å². The molecule has 0 aromatic heterocycles. The number of hydrogen-bond acceptors (Lipinski definition) is 12. The quantitative estimate of drug-likeness (QED) is 0.237. The number of aromatic hydroxyl groups is 1. The highest BCUT2D eigenvalue weighted by atomic mass is 16.7. The number of carbonyl (C=O) groups is 2. The SMILES string of the molecule is COc1cc([C@@H]2c3cc4c(cc3[C@@H](OC(=O)N3CCN(c5ccc([N+](=O)[O-])cc5)CC3)[C@H]3COC(=O)[C@H]23)OCO4)cc(OC)c1O. The Kier molecular flexibility index (Phi) is 7.34. The van der Waals surface area contributed by atoms with Gasteiger partial charge in [-0.15, -0.1) is 0 Å². The summed E-state index contributed by atoms with van der Waals surface area (Å²) in [5.41, 5.74) is 2.85. The number of non-ortho nitro benzene ring substituents is 1. The monoisotopic (exact) mass is 633 g/mol. The van der Waals surface area contributed by atoms with E-state index in [9.17, 15) is 24.8 Å². The summed E-state index contributed by atoms with van der Waals surface area (Å²) in [6.45, 7) is 1.83. The predicted octanol–water partition coefficient (Wildman–Crippen LogP) is 3.98. The number of phenols is 1. The summed E-state index contributed by atoms with van der Waals surface area (Å²) in [5, 5.41) is 21.6. The van der Waals surface area contributed by atoms with Gasteiger partial charge in [0.2, 0.25) is 12.5 Å². The number of benzene rings is 3. The zero-order valence-electron chi connectivity index (χ0n) is 25.0. The van der Waals surface area contributed by atoms with Gasteiger partial charge in [0, 0.05) is 61.4 Å². The van der Waals surface area contributed by atoms with E-state index in [2.05, 4.69) is 0 Å². The number of fused-ring (bicyclic) bond motifs is 3. The van der Waals surface area contributed by atoms with Crippen molar-refractivity contribution in [2.75, 3.05) is 58.7 Å². The molecule has 3 aliphatic heterocycles. The Hall–Kier alpha value is -5.40. The standard InChI is InChI=1S/C32H31N3O11/c1-41-25-11-17(12-26(42-2)29(25)36)27-20-13-23-24(45-16-44-23)14-21(20)30(22-15-43-31(37)28(22)27)46-32(38)34-9-7-33(8-10-34)18-3-5-19(6-4-18)35(39)40/h3-6,11-14,22,27-28,30,36H,7-10,15-16H2,1-2H3/t22-,27+,28-,30+/m0/s1. The molecule has 1 aliphatic carbocycles. The minimum absolute atomic E-state index is 0.0138. The molecule has 4 atom stereocenters. The molecule has 0 spiro atoms. The summed E-state index contributed by atoms with van der Waals surface area (Å²) in [6.07, 6.45) is -1.35. The number of carbonyl (C=O) groups excluding carboxylic acids is 2. The molecule has 3 heterocycles. The molecule has 1 N–H and O–H groups in total. The molecule has 0 radical (unpaired) electrons. The van der Waals surface area contributed by atoms with Crippen molar-refractivity contribution in [1.82, 2.24) is 4.90 Å². The number of nitrogens with zero attached hydrogens (tertiary/aromatic N) is 3. The lowest BCUT2D eigenvalue weighted by atomic mass is 9.66. The van der Waals surface area contributed by atoms with Gasteiger partial charge in [-0.2, -0.15) is 0 Å². The highest BCUT2D eigenvalue weighted by Crippen LogP contribution is 2.56. The maximum Gasteiger partial charge on any atom is 0.410 e. The molecule has 7 rings (SSSR count). The number of methoxy groups -OCH3 is 2. The maximum atomic E-state index is 13.7.